The second-order valence-electron chi connectivity index (χ2n) is 4.36. The van der Waals surface area contributed by atoms with Gasteiger partial charge in [-0.3, -0.25) is 0 Å². The van der Waals surface area contributed by atoms with E-state index in [2.05, 4.69) is 21.2 Å². The minimum atomic E-state index is -0.566. The zero-order valence-corrected chi connectivity index (χ0v) is 13.1. The number of benzene rings is 1. The summed E-state index contributed by atoms with van der Waals surface area (Å²) in [6.45, 7) is 4.53. The van der Waals surface area contributed by atoms with Gasteiger partial charge >= 0.3 is 0 Å². The number of hydrogen-bond donors (Lipinski definition) is 1. The monoisotopic (exact) mass is 335 g/mol. The Kier molecular flexibility index (Phi) is 6.89. The smallest absolute Gasteiger partial charge is 0.145 e. The van der Waals surface area contributed by atoms with Crippen molar-refractivity contribution in [2.24, 2.45) is 0 Å². The summed E-state index contributed by atoms with van der Waals surface area (Å²) >= 11 is 3.10. The lowest BCUT2D eigenvalue weighted by atomic mass is 9.97. The highest BCUT2D eigenvalue weighted by atomic mass is 79.9. The minimum Gasteiger partial charge on any atom is -0.379 e. The number of halogens is 3. The van der Waals surface area contributed by atoms with Gasteiger partial charge in [-0.15, -0.1) is 0 Å². The van der Waals surface area contributed by atoms with E-state index in [-0.39, 0.29) is 16.1 Å². The van der Waals surface area contributed by atoms with E-state index in [1.807, 2.05) is 13.8 Å². The highest BCUT2D eigenvalue weighted by molar-refractivity contribution is 9.10. The summed E-state index contributed by atoms with van der Waals surface area (Å²) in [5.41, 5.74) is 0.0384. The maximum atomic E-state index is 14.2. The first-order chi connectivity index (χ1) is 9.06. The van der Waals surface area contributed by atoms with E-state index in [9.17, 15) is 8.78 Å². The molecule has 0 spiro atoms. The molecule has 2 nitrogen and oxygen atoms in total. The number of hydrogen-bond acceptors (Lipinski definition) is 2. The number of methoxy groups -OCH3 is 1. The molecule has 0 bridgehead atoms. The largest absolute Gasteiger partial charge is 0.379 e. The standard InChI is InChI=1S/C14H20BrF2NO/c1-4-6-11(19-3)14(18-5-2)12-10(16)8-7-9(15)13(12)17/h7-8,11,14,18H,4-6H2,1-3H3. The van der Waals surface area contributed by atoms with Gasteiger partial charge in [-0.25, -0.2) is 8.78 Å². The molecule has 0 amide bonds. The van der Waals surface area contributed by atoms with Crippen LogP contribution in [-0.2, 0) is 4.74 Å². The lowest BCUT2D eigenvalue weighted by molar-refractivity contribution is 0.0587. The molecule has 0 aromatic heterocycles. The first kappa shape index (κ1) is 16.5. The number of nitrogens with one attached hydrogen (secondary N) is 1. The third-order valence-corrected chi connectivity index (χ3v) is 3.67. The molecule has 19 heavy (non-hydrogen) atoms. The van der Waals surface area contributed by atoms with Gasteiger partial charge in [0.2, 0.25) is 0 Å². The Bertz CT molecular complexity index is 415. The molecule has 0 radical (unpaired) electrons. The molecule has 2 unspecified atom stereocenters. The van der Waals surface area contributed by atoms with Gasteiger partial charge in [0.25, 0.3) is 0 Å². The van der Waals surface area contributed by atoms with Crippen LogP contribution in [0.5, 0.6) is 0 Å². The van der Waals surface area contributed by atoms with Gasteiger partial charge in [0.1, 0.15) is 11.6 Å². The average molecular weight is 336 g/mol. The quantitative estimate of drug-likeness (QED) is 0.754. The van der Waals surface area contributed by atoms with Crippen LogP contribution in [-0.4, -0.2) is 19.8 Å². The lowest BCUT2D eigenvalue weighted by Gasteiger charge is -2.27. The molecule has 1 aromatic rings. The van der Waals surface area contributed by atoms with E-state index < -0.39 is 17.7 Å². The highest BCUT2D eigenvalue weighted by Crippen LogP contribution is 2.30. The molecule has 108 valence electrons. The van der Waals surface area contributed by atoms with Crippen molar-refractivity contribution in [2.75, 3.05) is 13.7 Å². The second kappa shape index (κ2) is 7.92. The third kappa shape index (κ3) is 3.97. The van der Waals surface area contributed by atoms with E-state index in [4.69, 9.17) is 4.74 Å². The van der Waals surface area contributed by atoms with Gasteiger partial charge in [0.15, 0.2) is 0 Å². The molecule has 0 aliphatic heterocycles. The fourth-order valence-corrected chi connectivity index (χ4v) is 2.52. The summed E-state index contributed by atoms with van der Waals surface area (Å²) in [6.07, 6.45) is 1.36. The molecular weight excluding hydrogens is 316 g/mol. The zero-order chi connectivity index (χ0) is 14.4. The molecule has 0 aliphatic rings. The van der Waals surface area contributed by atoms with E-state index in [0.717, 1.165) is 12.8 Å². The summed E-state index contributed by atoms with van der Waals surface area (Å²) in [5.74, 6) is -1.12. The molecular formula is C14H20BrF2NO. The highest BCUT2D eigenvalue weighted by Gasteiger charge is 2.28. The van der Waals surface area contributed by atoms with E-state index in [1.165, 1.54) is 12.1 Å². The Balaban J connectivity index is 3.21. The van der Waals surface area contributed by atoms with Crippen molar-refractivity contribution in [3.05, 3.63) is 33.8 Å². The van der Waals surface area contributed by atoms with Crippen LogP contribution in [0.2, 0.25) is 0 Å². The van der Waals surface area contributed by atoms with Crippen LogP contribution in [0.15, 0.2) is 16.6 Å². The normalized spacial score (nSPS) is 14.4. The predicted molar refractivity (Wildman–Crippen MR) is 76.2 cm³/mol. The SMILES string of the molecule is CCCC(OC)C(NCC)c1c(F)ccc(Br)c1F. The van der Waals surface area contributed by atoms with Crippen LogP contribution in [0.3, 0.4) is 0 Å². The van der Waals surface area contributed by atoms with Gasteiger partial charge in [-0.05, 0) is 41.0 Å². The van der Waals surface area contributed by atoms with Gasteiger partial charge in [-0.1, -0.05) is 20.3 Å². The Hall–Kier alpha value is -0.520. The Morgan fingerprint density at radius 3 is 2.53 bits per heavy atom. The van der Waals surface area contributed by atoms with Crippen LogP contribution in [0.25, 0.3) is 0 Å². The Labute approximate surface area is 121 Å². The van der Waals surface area contributed by atoms with Crippen LogP contribution in [0.1, 0.15) is 38.3 Å². The lowest BCUT2D eigenvalue weighted by Crippen LogP contribution is -2.34. The third-order valence-electron chi connectivity index (χ3n) is 3.06. The van der Waals surface area contributed by atoms with E-state index >= 15 is 0 Å². The molecule has 0 saturated heterocycles. The molecule has 0 fully saturated rings. The molecule has 1 aromatic carbocycles. The van der Waals surface area contributed by atoms with Crippen molar-refractivity contribution in [1.29, 1.82) is 0 Å². The number of rotatable bonds is 7. The van der Waals surface area contributed by atoms with Gasteiger partial charge in [0, 0.05) is 12.7 Å². The van der Waals surface area contributed by atoms with Crippen molar-refractivity contribution >= 4 is 15.9 Å². The van der Waals surface area contributed by atoms with Crippen molar-refractivity contribution in [1.82, 2.24) is 5.32 Å². The fourth-order valence-electron chi connectivity index (χ4n) is 2.17. The number of ether oxygens (including phenoxy) is 1. The van der Waals surface area contributed by atoms with Crippen molar-refractivity contribution in [2.45, 2.75) is 38.8 Å². The van der Waals surface area contributed by atoms with Crippen molar-refractivity contribution in [3.8, 4) is 0 Å². The molecule has 5 heteroatoms. The van der Waals surface area contributed by atoms with Crippen LogP contribution < -0.4 is 5.32 Å². The zero-order valence-electron chi connectivity index (χ0n) is 11.5. The topological polar surface area (TPSA) is 21.3 Å². The molecule has 1 rings (SSSR count). The summed E-state index contributed by atoms with van der Waals surface area (Å²) in [4.78, 5) is 0. The maximum Gasteiger partial charge on any atom is 0.145 e. The molecule has 0 saturated carbocycles. The minimum absolute atomic E-state index is 0.0384. The van der Waals surface area contributed by atoms with Gasteiger partial charge < -0.3 is 10.1 Å². The fraction of sp³-hybridized carbons (Fsp3) is 0.571. The average Bonchev–Trinajstić information content (AvgIpc) is 2.40. The van der Waals surface area contributed by atoms with Gasteiger partial charge in [-0.2, -0.15) is 0 Å². The second-order valence-corrected chi connectivity index (χ2v) is 5.21. The van der Waals surface area contributed by atoms with Crippen molar-refractivity contribution in [3.63, 3.8) is 0 Å². The van der Waals surface area contributed by atoms with Crippen LogP contribution in [0, 0.1) is 11.6 Å². The molecule has 2 atom stereocenters. The first-order valence-electron chi connectivity index (χ1n) is 6.46. The van der Waals surface area contributed by atoms with Crippen LogP contribution >= 0.6 is 15.9 Å². The first-order valence-corrected chi connectivity index (χ1v) is 7.25. The summed E-state index contributed by atoms with van der Waals surface area (Å²) in [6, 6.07) is 2.15. The summed E-state index contributed by atoms with van der Waals surface area (Å²) < 4.78 is 33.8. The summed E-state index contributed by atoms with van der Waals surface area (Å²) in [7, 11) is 1.57. The molecule has 1 N–H and O–H groups in total. The Morgan fingerprint density at radius 2 is 2.00 bits per heavy atom. The van der Waals surface area contributed by atoms with E-state index in [0.29, 0.717) is 6.54 Å². The Morgan fingerprint density at radius 1 is 1.32 bits per heavy atom. The van der Waals surface area contributed by atoms with Crippen LogP contribution in [0.4, 0.5) is 8.78 Å². The molecule has 0 heterocycles. The molecule has 0 aliphatic carbocycles. The summed E-state index contributed by atoms with van der Waals surface area (Å²) in [5, 5.41) is 3.12. The van der Waals surface area contributed by atoms with Crippen molar-refractivity contribution < 1.29 is 13.5 Å². The maximum absolute atomic E-state index is 14.2. The number of likely N-dealkylation sites (N-methyl/N-ethyl adjacent to an activating group) is 1. The predicted octanol–water partition coefficient (Wildman–Crippen LogP) is 4.19. The van der Waals surface area contributed by atoms with Gasteiger partial charge in [0.05, 0.1) is 16.6 Å². The van der Waals surface area contributed by atoms with E-state index in [1.54, 1.807) is 7.11 Å².